The second kappa shape index (κ2) is 14.0. The third kappa shape index (κ3) is 8.60. The van der Waals surface area contributed by atoms with Crippen LogP contribution in [0.5, 0.6) is 11.5 Å². The SMILES string of the molecule is O=C1Cc2ccc(O)cc2N1.O=C1Cc2ccc(OCc3cccc([N+](=O)[O-])c3)cc2N1.O=[N+]([O-])c1ccc(CBr)cc1. The van der Waals surface area contributed by atoms with Crippen LogP contribution in [-0.2, 0) is 34.4 Å². The number of nitrogens with one attached hydrogen (secondary N) is 2. The number of ether oxygens (including phenoxy) is 1. The largest absolute Gasteiger partial charge is 0.508 e. The first-order chi connectivity index (χ1) is 20.6. The van der Waals surface area contributed by atoms with Crippen LogP contribution in [0.15, 0.2) is 84.9 Å². The zero-order valence-corrected chi connectivity index (χ0v) is 24.1. The molecule has 0 aliphatic carbocycles. The van der Waals surface area contributed by atoms with E-state index in [9.17, 15) is 29.8 Å². The minimum atomic E-state index is -0.436. The molecule has 0 atom stereocenters. The first-order valence-electron chi connectivity index (χ1n) is 12.8. The number of benzene rings is 4. The van der Waals surface area contributed by atoms with Gasteiger partial charge < -0.3 is 20.5 Å². The second-order valence-electron chi connectivity index (χ2n) is 9.38. The van der Waals surface area contributed by atoms with E-state index >= 15 is 0 Å². The third-order valence-corrected chi connectivity index (χ3v) is 6.90. The van der Waals surface area contributed by atoms with E-state index in [0.717, 1.165) is 33.4 Å². The van der Waals surface area contributed by atoms with Gasteiger partial charge in [0.1, 0.15) is 18.1 Å². The maximum Gasteiger partial charge on any atom is 0.269 e. The van der Waals surface area contributed by atoms with E-state index in [1.165, 1.54) is 24.3 Å². The number of alkyl halides is 1. The van der Waals surface area contributed by atoms with E-state index < -0.39 is 9.85 Å². The maximum absolute atomic E-state index is 11.3. The lowest BCUT2D eigenvalue weighted by atomic mass is 10.1. The number of fused-ring (bicyclic) bond motifs is 2. The molecule has 12 nitrogen and oxygen atoms in total. The Morgan fingerprint density at radius 1 is 0.744 bits per heavy atom. The summed E-state index contributed by atoms with van der Waals surface area (Å²) in [5.74, 6) is 0.764. The molecule has 4 aromatic carbocycles. The first kappa shape index (κ1) is 30.7. The highest BCUT2D eigenvalue weighted by Crippen LogP contribution is 2.28. The number of phenols is 1. The van der Waals surface area contributed by atoms with Gasteiger partial charge in [0.25, 0.3) is 11.4 Å². The van der Waals surface area contributed by atoms with Crippen molar-refractivity contribution in [3.63, 3.8) is 0 Å². The highest BCUT2D eigenvalue weighted by atomic mass is 79.9. The molecule has 0 radical (unpaired) electrons. The van der Waals surface area contributed by atoms with Gasteiger partial charge in [0.15, 0.2) is 0 Å². The Morgan fingerprint density at radius 2 is 1.35 bits per heavy atom. The van der Waals surface area contributed by atoms with Crippen molar-refractivity contribution in [2.45, 2.75) is 24.8 Å². The molecule has 0 saturated carbocycles. The molecular formula is C30H25BrN4O8. The van der Waals surface area contributed by atoms with Crippen LogP contribution in [0.3, 0.4) is 0 Å². The quantitative estimate of drug-likeness (QED) is 0.129. The highest BCUT2D eigenvalue weighted by molar-refractivity contribution is 9.08. The number of carbonyl (C=O) groups excluding carboxylic acids is 2. The van der Waals surface area contributed by atoms with Crippen LogP contribution in [0.25, 0.3) is 0 Å². The molecule has 220 valence electrons. The molecule has 0 saturated heterocycles. The number of aromatic hydroxyl groups is 1. The summed E-state index contributed by atoms with van der Waals surface area (Å²) in [5, 5.41) is 36.1. The molecular weight excluding hydrogens is 624 g/mol. The van der Waals surface area contributed by atoms with Crippen molar-refractivity contribution in [1.29, 1.82) is 0 Å². The average molecular weight is 649 g/mol. The highest BCUT2D eigenvalue weighted by Gasteiger charge is 2.18. The number of nitro groups is 2. The van der Waals surface area contributed by atoms with Gasteiger partial charge in [-0.15, -0.1) is 0 Å². The van der Waals surface area contributed by atoms with Crippen LogP contribution in [-0.4, -0.2) is 26.8 Å². The van der Waals surface area contributed by atoms with Gasteiger partial charge in [-0.1, -0.05) is 52.3 Å². The van der Waals surface area contributed by atoms with Crippen LogP contribution < -0.4 is 15.4 Å². The van der Waals surface area contributed by atoms with Crippen molar-refractivity contribution >= 4 is 50.5 Å². The predicted molar refractivity (Wildman–Crippen MR) is 162 cm³/mol. The van der Waals surface area contributed by atoms with E-state index in [4.69, 9.17) is 9.84 Å². The third-order valence-electron chi connectivity index (χ3n) is 6.25. The Kier molecular flexibility index (Phi) is 10.0. The average Bonchev–Trinajstić information content (AvgIpc) is 3.56. The molecule has 43 heavy (non-hydrogen) atoms. The van der Waals surface area contributed by atoms with E-state index in [2.05, 4.69) is 26.6 Å². The van der Waals surface area contributed by atoms with Gasteiger partial charge in [0.05, 0.1) is 22.7 Å². The number of carbonyl (C=O) groups is 2. The number of rotatable bonds is 6. The summed E-state index contributed by atoms with van der Waals surface area (Å²) in [6.07, 6.45) is 0.816. The van der Waals surface area contributed by atoms with Crippen LogP contribution >= 0.6 is 15.9 Å². The van der Waals surface area contributed by atoms with Crippen LogP contribution in [0, 0.1) is 20.2 Å². The molecule has 0 bridgehead atoms. The molecule has 0 spiro atoms. The molecule has 2 amide bonds. The molecule has 3 N–H and O–H groups in total. The molecule has 6 rings (SSSR count). The van der Waals surface area contributed by atoms with E-state index in [1.807, 2.05) is 6.07 Å². The molecule has 0 unspecified atom stereocenters. The topological polar surface area (TPSA) is 174 Å². The number of hydrogen-bond donors (Lipinski definition) is 3. The zero-order chi connectivity index (χ0) is 30.9. The lowest BCUT2D eigenvalue weighted by molar-refractivity contribution is -0.385. The Balaban J connectivity index is 0.000000162. The number of amides is 2. The van der Waals surface area contributed by atoms with Crippen molar-refractivity contribution in [3.8, 4) is 11.5 Å². The van der Waals surface area contributed by atoms with Gasteiger partial charge in [-0.3, -0.25) is 29.8 Å². The summed E-state index contributed by atoms with van der Waals surface area (Å²) in [6, 6.07) is 23.0. The van der Waals surface area contributed by atoms with Crippen LogP contribution in [0.2, 0.25) is 0 Å². The van der Waals surface area contributed by atoms with Gasteiger partial charge in [-0.05, 0) is 34.4 Å². The lowest BCUT2D eigenvalue weighted by Crippen LogP contribution is -2.03. The van der Waals surface area contributed by atoms with Gasteiger partial charge in [-0.2, -0.15) is 0 Å². The second-order valence-corrected chi connectivity index (χ2v) is 9.94. The first-order valence-corrected chi connectivity index (χ1v) is 13.9. The Bertz CT molecular complexity index is 1680. The number of anilines is 2. The Morgan fingerprint density at radius 3 is 1.95 bits per heavy atom. The van der Waals surface area contributed by atoms with Crippen molar-refractivity contribution in [3.05, 3.63) is 127 Å². The summed E-state index contributed by atoms with van der Waals surface area (Å²) < 4.78 is 5.61. The summed E-state index contributed by atoms with van der Waals surface area (Å²) in [5.41, 5.74) is 5.32. The van der Waals surface area contributed by atoms with Crippen LogP contribution in [0.4, 0.5) is 22.7 Å². The normalized spacial score (nSPS) is 12.3. The molecule has 4 aromatic rings. The summed E-state index contributed by atoms with van der Waals surface area (Å²) >= 11 is 3.25. The zero-order valence-electron chi connectivity index (χ0n) is 22.5. The monoisotopic (exact) mass is 648 g/mol. The maximum atomic E-state index is 11.3. The lowest BCUT2D eigenvalue weighted by Gasteiger charge is -2.08. The minimum absolute atomic E-state index is 0.00870. The summed E-state index contributed by atoms with van der Waals surface area (Å²) in [7, 11) is 0. The smallest absolute Gasteiger partial charge is 0.269 e. The summed E-state index contributed by atoms with van der Waals surface area (Å²) in [4.78, 5) is 42.2. The number of phenolic OH excluding ortho intramolecular Hbond substituents is 1. The van der Waals surface area contributed by atoms with E-state index in [0.29, 0.717) is 24.2 Å². The predicted octanol–water partition coefficient (Wildman–Crippen LogP) is 6.04. The molecule has 0 aromatic heterocycles. The summed E-state index contributed by atoms with van der Waals surface area (Å²) in [6.45, 7) is 0.231. The number of nitro benzene ring substituents is 2. The Hall–Kier alpha value is -5.30. The minimum Gasteiger partial charge on any atom is -0.508 e. The molecule has 2 aliphatic rings. The molecule has 0 fully saturated rings. The van der Waals surface area contributed by atoms with E-state index in [1.54, 1.807) is 54.6 Å². The number of halogens is 1. The van der Waals surface area contributed by atoms with Crippen molar-refractivity contribution in [1.82, 2.24) is 0 Å². The fourth-order valence-corrected chi connectivity index (χ4v) is 4.49. The van der Waals surface area contributed by atoms with Crippen molar-refractivity contribution in [2.24, 2.45) is 0 Å². The van der Waals surface area contributed by atoms with Crippen LogP contribution in [0.1, 0.15) is 22.3 Å². The molecule has 2 aliphatic heterocycles. The van der Waals surface area contributed by atoms with Crippen molar-refractivity contribution in [2.75, 3.05) is 10.6 Å². The number of hydrogen-bond acceptors (Lipinski definition) is 8. The van der Waals surface area contributed by atoms with Gasteiger partial charge in [0, 0.05) is 53.1 Å². The van der Waals surface area contributed by atoms with E-state index in [-0.39, 0.29) is 35.5 Å². The molecule has 13 heteroatoms. The molecule has 2 heterocycles. The van der Waals surface area contributed by atoms with Crippen molar-refractivity contribution < 1.29 is 29.3 Å². The Labute approximate surface area is 253 Å². The number of nitrogens with zero attached hydrogens (tertiary/aromatic N) is 2. The van der Waals surface area contributed by atoms with Gasteiger partial charge in [0.2, 0.25) is 11.8 Å². The van der Waals surface area contributed by atoms with Gasteiger partial charge in [-0.25, -0.2) is 0 Å². The fraction of sp³-hybridized carbons (Fsp3) is 0.133. The standard InChI is InChI=1S/C15H12N2O4.C8H7NO2.C7H6BrNO2/c18-15-7-11-4-5-13(8-14(11)16-15)21-9-10-2-1-3-12(6-10)17(19)20;10-6-2-1-5-3-8(11)9-7(5)4-6;8-5-6-1-3-7(4-2-6)9(10)11/h1-6,8H,7,9H2,(H,16,18);1-2,4,10H,3H2,(H,9,11);1-4H,5H2. The van der Waals surface area contributed by atoms with Gasteiger partial charge >= 0.3 is 0 Å². The number of non-ortho nitro benzene ring substituents is 2. The fourth-order valence-electron chi connectivity index (χ4n) is 4.12.